The summed E-state index contributed by atoms with van der Waals surface area (Å²) >= 11 is 0. The van der Waals surface area contributed by atoms with Crippen molar-refractivity contribution >= 4 is 39.5 Å². The predicted octanol–water partition coefficient (Wildman–Crippen LogP) is 8.22. The Kier molecular flexibility index (Phi) is 8.17. The smallest absolute Gasteiger partial charge is 0.0633 e. The molecule has 0 aliphatic rings. The van der Waals surface area contributed by atoms with Gasteiger partial charge in [-0.05, 0) is 46.1 Å². The van der Waals surface area contributed by atoms with Gasteiger partial charge in [-0.15, -0.1) is 0 Å². The SMILES string of the molecule is c1ccc(CC(=Nc2ccccc2)C(c2ccccc2)=P(c2ccccc2)(c2ccccc2)c2ccccc2)cc1. The quantitative estimate of drug-likeness (QED) is 0.135. The Hall–Kier alpha value is -4.71. The van der Waals surface area contributed by atoms with Crippen LogP contribution in [0.3, 0.4) is 0 Å². The van der Waals surface area contributed by atoms with Gasteiger partial charge >= 0.3 is 0 Å². The first-order chi connectivity index (χ1) is 20.4. The Morgan fingerprint density at radius 2 is 0.780 bits per heavy atom. The van der Waals surface area contributed by atoms with E-state index in [0.717, 1.165) is 11.4 Å². The third kappa shape index (κ3) is 5.64. The molecule has 0 atom stereocenters. The fourth-order valence-electron chi connectivity index (χ4n) is 5.56. The molecule has 198 valence electrons. The maximum atomic E-state index is 5.48. The van der Waals surface area contributed by atoms with Crippen molar-refractivity contribution in [3.8, 4) is 0 Å². The Bertz CT molecular complexity index is 1660. The largest absolute Gasteiger partial charge is 0.252 e. The summed E-state index contributed by atoms with van der Waals surface area (Å²) in [6.45, 7) is -2.43. The van der Waals surface area contributed by atoms with E-state index < -0.39 is 6.89 Å². The first-order valence-electron chi connectivity index (χ1n) is 14.0. The summed E-state index contributed by atoms with van der Waals surface area (Å²) in [6, 6.07) is 65.2. The van der Waals surface area contributed by atoms with Gasteiger partial charge < -0.3 is 0 Å². The molecule has 1 nitrogen and oxygen atoms in total. The molecule has 0 aliphatic carbocycles. The van der Waals surface area contributed by atoms with Crippen molar-refractivity contribution in [2.45, 2.75) is 6.42 Å². The predicted molar refractivity (Wildman–Crippen MR) is 179 cm³/mol. The lowest BCUT2D eigenvalue weighted by molar-refractivity contribution is 1.32. The zero-order chi connectivity index (χ0) is 27.7. The maximum absolute atomic E-state index is 5.48. The molecule has 0 amide bonds. The van der Waals surface area contributed by atoms with E-state index in [2.05, 4.69) is 176 Å². The number of rotatable bonds is 8. The summed E-state index contributed by atoms with van der Waals surface area (Å²) in [6.07, 6.45) is 0.716. The topological polar surface area (TPSA) is 12.4 Å². The number of hydrogen-bond donors (Lipinski definition) is 0. The number of aliphatic imine (C=N–C) groups is 1. The standard InChI is InChI=1S/C39H32NP/c1-7-19-32(20-8-1)31-38(40-34-23-11-3-12-24-34)39(33-21-9-2-10-22-33)41(35-25-13-4-14-26-35,36-27-15-5-16-28-36)37-29-17-6-18-30-37/h1-30H,31H2. The third-order valence-corrected chi connectivity index (χ3v) is 11.7. The minimum absolute atomic E-state index is 0.716. The van der Waals surface area contributed by atoms with Crippen molar-refractivity contribution in [1.82, 2.24) is 0 Å². The lowest BCUT2D eigenvalue weighted by atomic mass is 10.0. The van der Waals surface area contributed by atoms with Gasteiger partial charge in [-0.3, -0.25) is 4.99 Å². The summed E-state index contributed by atoms with van der Waals surface area (Å²) in [5.41, 5.74) is 4.48. The molecule has 0 spiro atoms. The first kappa shape index (κ1) is 26.5. The van der Waals surface area contributed by atoms with Crippen molar-refractivity contribution in [1.29, 1.82) is 0 Å². The number of nitrogens with zero attached hydrogens (tertiary/aromatic N) is 1. The summed E-state index contributed by atoms with van der Waals surface area (Å²) < 4.78 is 0. The summed E-state index contributed by atoms with van der Waals surface area (Å²) in [5.74, 6) is 0. The zero-order valence-corrected chi connectivity index (χ0v) is 23.8. The maximum Gasteiger partial charge on any atom is 0.0633 e. The van der Waals surface area contributed by atoms with Crippen molar-refractivity contribution in [2.75, 3.05) is 0 Å². The lowest BCUT2D eigenvalue weighted by Crippen LogP contribution is -2.34. The molecule has 0 N–H and O–H groups in total. The monoisotopic (exact) mass is 545 g/mol. The molecule has 6 aromatic carbocycles. The molecule has 0 bridgehead atoms. The third-order valence-electron chi connectivity index (χ3n) is 7.32. The van der Waals surface area contributed by atoms with Crippen LogP contribution in [0.1, 0.15) is 11.1 Å². The van der Waals surface area contributed by atoms with E-state index in [1.54, 1.807) is 0 Å². The Labute approximate surface area is 243 Å². The molecule has 0 fully saturated rings. The molecule has 0 aromatic heterocycles. The van der Waals surface area contributed by atoms with Crippen molar-refractivity contribution in [2.24, 2.45) is 4.99 Å². The van der Waals surface area contributed by atoms with Gasteiger partial charge in [-0.2, -0.15) is 0 Å². The second-order valence-electron chi connectivity index (χ2n) is 9.95. The molecular formula is C39H32NP. The highest BCUT2D eigenvalue weighted by atomic mass is 31.2. The van der Waals surface area contributed by atoms with E-state index in [9.17, 15) is 0 Å². The molecule has 0 unspecified atom stereocenters. The van der Waals surface area contributed by atoms with E-state index in [-0.39, 0.29) is 0 Å². The molecule has 0 aliphatic heterocycles. The van der Waals surface area contributed by atoms with Gasteiger partial charge in [-0.1, -0.05) is 170 Å². The second-order valence-corrected chi connectivity index (χ2v) is 13.3. The van der Waals surface area contributed by atoms with Crippen LogP contribution in [0.25, 0.3) is 0 Å². The molecule has 6 rings (SSSR count). The van der Waals surface area contributed by atoms with E-state index in [1.807, 2.05) is 6.07 Å². The second kappa shape index (κ2) is 12.6. The molecule has 0 saturated carbocycles. The average molecular weight is 546 g/mol. The van der Waals surface area contributed by atoms with Crippen LogP contribution in [0.15, 0.2) is 187 Å². The number of para-hydroxylation sites is 1. The molecule has 2 heteroatoms. The molecule has 0 saturated heterocycles. The highest BCUT2D eigenvalue weighted by molar-refractivity contribution is 7.96. The normalized spacial score (nSPS) is 11.7. The van der Waals surface area contributed by atoms with Gasteiger partial charge in [0.05, 0.1) is 11.4 Å². The van der Waals surface area contributed by atoms with Gasteiger partial charge in [0.1, 0.15) is 0 Å². The lowest BCUT2D eigenvalue weighted by Gasteiger charge is -2.34. The van der Waals surface area contributed by atoms with Crippen molar-refractivity contribution < 1.29 is 0 Å². The molecule has 0 heterocycles. The fraction of sp³-hybridized carbons (Fsp3) is 0.0256. The van der Waals surface area contributed by atoms with Crippen LogP contribution in [0.2, 0.25) is 0 Å². The van der Waals surface area contributed by atoms with Crippen LogP contribution in [0.5, 0.6) is 0 Å². The summed E-state index contributed by atoms with van der Waals surface area (Å²) in [4.78, 5) is 5.48. The molecular weight excluding hydrogens is 513 g/mol. The van der Waals surface area contributed by atoms with Crippen molar-refractivity contribution in [3.05, 3.63) is 193 Å². The van der Waals surface area contributed by atoms with Crippen LogP contribution in [0, 0.1) is 0 Å². The number of hydrogen-bond acceptors (Lipinski definition) is 1. The molecule has 0 radical (unpaired) electrons. The van der Waals surface area contributed by atoms with Crippen molar-refractivity contribution in [3.63, 3.8) is 0 Å². The van der Waals surface area contributed by atoms with Crippen LogP contribution in [-0.2, 0) is 6.42 Å². The minimum atomic E-state index is -2.43. The van der Waals surface area contributed by atoms with E-state index in [4.69, 9.17) is 4.99 Å². The Morgan fingerprint density at radius 1 is 0.415 bits per heavy atom. The first-order valence-corrected chi connectivity index (χ1v) is 15.8. The highest BCUT2D eigenvalue weighted by Crippen LogP contribution is 2.48. The van der Waals surface area contributed by atoms with Crippen LogP contribution >= 0.6 is 6.89 Å². The Balaban J connectivity index is 1.85. The van der Waals surface area contributed by atoms with Gasteiger partial charge in [0, 0.05) is 11.7 Å². The summed E-state index contributed by atoms with van der Waals surface area (Å²) in [7, 11) is 0. The van der Waals surface area contributed by atoms with E-state index in [0.29, 0.717) is 6.42 Å². The zero-order valence-electron chi connectivity index (χ0n) is 22.9. The fourth-order valence-corrected chi connectivity index (χ4v) is 10.1. The van der Waals surface area contributed by atoms with Crippen LogP contribution in [0.4, 0.5) is 5.69 Å². The Morgan fingerprint density at radius 3 is 1.22 bits per heavy atom. The van der Waals surface area contributed by atoms with Gasteiger partial charge in [0.2, 0.25) is 0 Å². The van der Waals surface area contributed by atoms with Gasteiger partial charge in [0.25, 0.3) is 0 Å². The number of benzene rings is 6. The summed E-state index contributed by atoms with van der Waals surface area (Å²) in [5, 5.41) is 5.22. The van der Waals surface area contributed by atoms with E-state index >= 15 is 0 Å². The van der Waals surface area contributed by atoms with Gasteiger partial charge in [-0.25, -0.2) is 0 Å². The molecule has 6 aromatic rings. The average Bonchev–Trinajstić information content (AvgIpc) is 3.06. The van der Waals surface area contributed by atoms with Crippen LogP contribution < -0.4 is 15.9 Å². The van der Waals surface area contributed by atoms with E-state index in [1.165, 1.54) is 32.3 Å². The van der Waals surface area contributed by atoms with Crippen LogP contribution in [-0.4, -0.2) is 11.0 Å². The molecule has 41 heavy (non-hydrogen) atoms. The minimum Gasteiger partial charge on any atom is -0.252 e. The van der Waals surface area contributed by atoms with Gasteiger partial charge in [0.15, 0.2) is 0 Å². The highest BCUT2D eigenvalue weighted by Gasteiger charge is 2.33.